The maximum absolute atomic E-state index is 15.8. The van der Waals surface area contributed by atoms with Gasteiger partial charge in [0.05, 0.1) is 38.6 Å². The topological polar surface area (TPSA) is 481 Å². The van der Waals surface area contributed by atoms with Crippen LogP contribution in [0.3, 0.4) is 0 Å². The minimum Gasteiger partial charge on any atom is -0.398 e. The monoisotopic (exact) mass is 1380 g/mol. The molecular formula is C42H48F2N18O18P4S4. The number of aromatic nitrogens is 14. The second-order valence-corrected chi connectivity index (χ2v) is 31.5. The van der Waals surface area contributed by atoms with Gasteiger partial charge in [0.1, 0.15) is 60.4 Å². The molecule has 88 heavy (non-hydrogen) atoms. The van der Waals surface area contributed by atoms with E-state index in [1.807, 2.05) is 0 Å². The predicted molar refractivity (Wildman–Crippen MR) is 313 cm³/mol. The van der Waals surface area contributed by atoms with Gasteiger partial charge < -0.3 is 88.3 Å². The van der Waals surface area contributed by atoms with Crippen molar-refractivity contribution < 1.29 is 83.2 Å². The molecule has 0 spiro atoms. The van der Waals surface area contributed by atoms with Crippen LogP contribution in [0, 0.1) is 0 Å². The number of alkyl halides is 2. The zero-order valence-corrected chi connectivity index (χ0v) is 51.2. The van der Waals surface area contributed by atoms with E-state index >= 15 is 8.78 Å². The standard InChI is InChI=1S/2C21H24FN9O9P2S2/c2*22-14-12-7-36-41(33,43)39-10-5-13(30-4-2-8-9(23)1-3-25-17(8)30)37-11(10)6-35-42(34,44)40-16(14)20(38-12)31-18-15(28-29-31)19(32)27-21(24)26-18/h2*1-4,10-14,16,20H,5-7H2,(H2,23,25)(H,33,43)(H,34,44)(H3,24,26,27,32)/t2*10-,11+,12+,13+,14+,16-,20+,41?,42?/m00/s1. The number of rotatable bonds is 4. The first-order chi connectivity index (χ1) is 41.8. The minimum atomic E-state index is -4.35. The summed E-state index contributed by atoms with van der Waals surface area (Å²) in [5, 5.41) is 16.6. The van der Waals surface area contributed by atoms with Gasteiger partial charge in [0.2, 0.25) is 11.9 Å². The third kappa shape index (κ3) is 12.1. The van der Waals surface area contributed by atoms with Crippen molar-refractivity contribution in [2.45, 2.75) is 98.9 Å². The molecule has 14 rings (SSSR count). The van der Waals surface area contributed by atoms with Crippen LogP contribution >= 0.6 is 39.2 Å². The van der Waals surface area contributed by atoms with Crippen LogP contribution in [0.2, 0.25) is 0 Å². The number of anilines is 4. The van der Waals surface area contributed by atoms with Crippen LogP contribution < -0.4 is 34.1 Å². The highest BCUT2D eigenvalue weighted by atomic mass is 32.7. The van der Waals surface area contributed by atoms with Crippen LogP contribution in [0.4, 0.5) is 32.1 Å². The van der Waals surface area contributed by atoms with Crippen molar-refractivity contribution in [3.63, 3.8) is 0 Å². The van der Waals surface area contributed by atoms with Crippen molar-refractivity contribution in [1.29, 1.82) is 0 Å². The molecule has 6 fully saturated rings. The Morgan fingerprint density at radius 2 is 0.977 bits per heavy atom. The summed E-state index contributed by atoms with van der Waals surface area (Å²) >= 11 is 19.8. The van der Waals surface area contributed by atoms with Crippen LogP contribution in [0.1, 0.15) is 37.8 Å². The third-order valence-corrected chi connectivity index (χ3v) is 21.0. The van der Waals surface area contributed by atoms with E-state index in [4.69, 9.17) is 113 Å². The third-order valence-electron chi connectivity index (χ3n) is 14.7. The Kier molecular flexibility index (Phi) is 16.5. The van der Waals surface area contributed by atoms with Gasteiger partial charge in [-0.1, -0.05) is 22.7 Å². The van der Waals surface area contributed by atoms with E-state index in [1.165, 1.54) is 0 Å². The summed E-state index contributed by atoms with van der Waals surface area (Å²) in [6.07, 6.45) is -11.4. The SMILES string of the molecule is Nc1nc2c(nnn2[C@@H]2O[C@@H]3COP(O)(=S)O[C@H]4C[C@H](n5ccc6c(N)ccnc65)O[C@@H]4COP(=O)(S)O[C@H]2[C@@H]3F)c(=O)[nH]1.Nc1nc2c(nnn2[C@@H]2O[C@@H]3COP(O)(=S)O[C@H]4C[C@H](n5ccc6c(N)ccnc65)O[C@@H]4COP(O)(=S)O[C@H]2[C@@H]3F)c(=O)[nH]1. The van der Waals surface area contributed by atoms with Gasteiger partial charge in [-0.15, -0.1) is 10.2 Å². The lowest BCUT2D eigenvalue weighted by atomic mass is 10.1. The molecular weight excluding hydrogens is 1330 g/mol. The predicted octanol–water partition coefficient (Wildman–Crippen LogP) is 1.83. The first-order valence-electron chi connectivity index (χ1n) is 25.9. The van der Waals surface area contributed by atoms with Crippen LogP contribution in [-0.4, -0.2) is 171 Å². The number of H-pyrrole nitrogens is 2. The number of hydrogen-bond donors (Lipinski definition) is 10. The first-order valence-corrected chi connectivity index (χ1v) is 36.4. The Balaban J connectivity index is 0.000000162. The van der Waals surface area contributed by atoms with E-state index in [0.717, 1.165) is 9.36 Å². The Morgan fingerprint density at radius 3 is 1.43 bits per heavy atom. The highest BCUT2D eigenvalue weighted by Gasteiger charge is 2.54. The summed E-state index contributed by atoms with van der Waals surface area (Å²) in [6.45, 7) is -18.6. The number of nitrogens with two attached hydrogens (primary N) is 4. The molecule has 14 heterocycles. The Morgan fingerprint density at radius 1 is 0.568 bits per heavy atom. The van der Waals surface area contributed by atoms with E-state index < -0.39 is 151 Å². The van der Waals surface area contributed by atoms with Gasteiger partial charge in [-0.3, -0.25) is 33.1 Å². The lowest BCUT2D eigenvalue weighted by Gasteiger charge is -2.27. The summed E-state index contributed by atoms with van der Waals surface area (Å²) in [5.41, 5.74) is 23.5. The molecule has 472 valence electrons. The summed E-state index contributed by atoms with van der Waals surface area (Å²) in [6, 6.07) is 6.90. The number of thiol groups is 1. The first kappa shape index (κ1) is 61.8. The molecule has 18 atom stereocenters. The summed E-state index contributed by atoms with van der Waals surface area (Å²) in [4.78, 5) is 78.8. The molecule has 8 aromatic rings. The molecule has 0 radical (unpaired) electrons. The molecule has 6 saturated heterocycles. The lowest BCUT2D eigenvalue weighted by Crippen LogP contribution is -2.32. The quantitative estimate of drug-likeness (QED) is 0.0887. The highest BCUT2D eigenvalue weighted by Crippen LogP contribution is 2.59. The number of ether oxygens (including phenoxy) is 4. The molecule has 4 unspecified atom stereocenters. The van der Waals surface area contributed by atoms with Gasteiger partial charge in [0, 0.05) is 59.8 Å². The molecule has 6 aliphatic heterocycles. The lowest BCUT2D eigenvalue weighted by molar-refractivity contribution is -0.0638. The number of pyridine rings is 2. The number of halogens is 2. The summed E-state index contributed by atoms with van der Waals surface area (Å²) in [5.74, 6) is -0.524. The molecule has 4 bridgehead atoms. The number of nitrogen functional groups attached to an aromatic ring is 4. The molecule has 46 heteroatoms. The second kappa shape index (κ2) is 23.6. The van der Waals surface area contributed by atoms with Gasteiger partial charge in [-0.05, 0) is 59.7 Å². The molecule has 0 amide bonds. The number of nitrogens with zero attached hydrogens (tertiary/aromatic N) is 12. The van der Waals surface area contributed by atoms with Crippen molar-refractivity contribution in [2.24, 2.45) is 0 Å². The second-order valence-electron chi connectivity index (χ2n) is 20.3. The molecule has 6 aliphatic rings. The van der Waals surface area contributed by atoms with E-state index in [2.05, 4.69) is 62.8 Å². The molecule has 0 aromatic carbocycles. The van der Waals surface area contributed by atoms with Gasteiger partial charge in [-0.25, -0.2) is 23.3 Å². The maximum atomic E-state index is 15.8. The average molecular weight is 1380 g/mol. The van der Waals surface area contributed by atoms with Crippen LogP contribution in [-0.2, 0) is 95.1 Å². The molecule has 13 N–H and O–H groups in total. The van der Waals surface area contributed by atoms with Crippen molar-refractivity contribution in [1.82, 2.24) is 69.0 Å². The smallest absolute Gasteiger partial charge is 0.386 e. The molecule has 36 nitrogen and oxygen atoms in total. The fraction of sp³-hybridized carbons (Fsp3) is 0.476. The van der Waals surface area contributed by atoms with E-state index in [0.29, 0.717) is 33.4 Å². The normalized spacial score (nSPS) is 36.6. The molecule has 0 saturated carbocycles. The summed E-state index contributed by atoms with van der Waals surface area (Å²) in [7, 11) is 0. The fourth-order valence-electron chi connectivity index (χ4n) is 10.7. The highest BCUT2D eigenvalue weighted by molar-refractivity contribution is 8.44. The van der Waals surface area contributed by atoms with Gasteiger partial charge in [0.15, 0.2) is 47.1 Å². The number of aromatic amines is 2. The number of hydrogen-bond acceptors (Lipinski definition) is 30. The fourth-order valence-corrected chi connectivity index (χ4v) is 16.5. The number of fused-ring (bicyclic) bond motifs is 10. The van der Waals surface area contributed by atoms with Crippen molar-refractivity contribution in [2.75, 3.05) is 49.4 Å². The van der Waals surface area contributed by atoms with E-state index in [9.17, 15) is 28.8 Å². The van der Waals surface area contributed by atoms with E-state index in [1.54, 1.807) is 58.2 Å². The minimum absolute atomic E-state index is 0.149. The van der Waals surface area contributed by atoms with Gasteiger partial charge in [-0.2, -0.15) is 19.3 Å². The van der Waals surface area contributed by atoms with Gasteiger partial charge in [0.25, 0.3) is 11.1 Å². The average Bonchev–Trinajstić information content (AvgIpc) is 2.42. The molecule has 8 aromatic heterocycles. The van der Waals surface area contributed by atoms with Crippen LogP contribution in [0.5, 0.6) is 0 Å². The Bertz CT molecular complexity index is 4090. The number of nitrogens with one attached hydrogen (secondary N) is 2. The largest absolute Gasteiger partial charge is 0.398 e. The zero-order valence-electron chi connectivity index (χ0n) is 44.3. The summed E-state index contributed by atoms with van der Waals surface area (Å²) < 4.78 is 119. The van der Waals surface area contributed by atoms with Gasteiger partial charge >= 0.3 is 27.0 Å². The van der Waals surface area contributed by atoms with Crippen molar-refractivity contribution in [3.8, 4) is 0 Å². The van der Waals surface area contributed by atoms with Crippen LogP contribution in [0.15, 0.2) is 58.6 Å². The Hall–Kier alpha value is -5.07. The van der Waals surface area contributed by atoms with Crippen molar-refractivity contribution >= 4 is 142 Å². The van der Waals surface area contributed by atoms with Crippen LogP contribution in [0.25, 0.3) is 44.4 Å². The van der Waals surface area contributed by atoms with E-state index in [-0.39, 0.29) is 47.1 Å². The van der Waals surface area contributed by atoms with Crippen molar-refractivity contribution in [3.05, 3.63) is 69.8 Å². The Labute approximate surface area is 510 Å². The zero-order chi connectivity index (χ0) is 61.9. The molecule has 0 aliphatic carbocycles. The maximum Gasteiger partial charge on any atom is 0.386 e.